The van der Waals surface area contributed by atoms with Crippen LogP contribution >= 0.6 is 22.6 Å². The van der Waals surface area contributed by atoms with E-state index in [9.17, 15) is 9.59 Å². The average Bonchev–Trinajstić information content (AvgIpc) is 3.34. The zero-order valence-electron chi connectivity index (χ0n) is 26.1. The van der Waals surface area contributed by atoms with Crippen molar-refractivity contribution in [2.45, 2.75) is 102 Å². The number of carbonyl (C=O) groups is 2. The Morgan fingerprint density at radius 2 is 1.58 bits per heavy atom. The number of benzene rings is 2. The van der Waals surface area contributed by atoms with Gasteiger partial charge in [-0.25, -0.2) is 4.79 Å². The van der Waals surface area contributed by atoms with Crippen LogP contribution in [0.25, 0.3) is 0 Å². The molecule has 0 bridgehead atoms. The largest absolute Gasteiger partial charge is 0.449 e. The third-order valence-electron chi connectivity index (χ3n) is 9.64. The maximum absolute atomic E-state index is 13.2. The Kier molecular flexibility index (Phi) is 12.2. The second-order valence-corrected chi connectivity index (χ2v) is 13.9. The van der Waals surface area contributed by atoms with E-state index in [0.29, 0.717) is 31.5 Å². The predicted molar refractivity (Wildman–Crippen MR) is 185 cm³/mol. The molecule has 0 radical (unpaired) electrons. The van der Waals surface area contributed by atoms with Gasteiger partial charge in [0.05, 0.1) is 18.0 Å². The van der Waals surface area contributed by atoms with Gasteiger partial charge in [-0.3, -0.25) is 9.69 Å². The van der Waals surface area contributed by atoms with Crippen molar-refractivity contribution >= 4 is 45.8 Å². The van der Waals surface area contributed by atoms with Crippen LogP contribution in [0.5, 0.6) is 0 Å². The second-order valence-electron chi connectivity index (χ2n) is 12.7. The van der Waals surface area contributed by atoms with Gasteiger partial charge in [-0.2, -0.15) is 0 Å². The number of likely N-dealkylation sites (tertiary alicyclic amines) is 1. The van der Waals surface area contributed by atoms with Crippen molar-refractivity contribution in [2.75, 3.05) is 49.1 Å². The smallest absolute Gasteiger partial charge is 0.414 e. The van der Waals surface area contributed by atoms with Gasteiger partial charge in [0.25, 0.3) is 0 Å². The molecule has 3 heterocycles. The topological polar surface area (TPSA) is 53.1 Å². The summed E-state index contributed by atoms with van der Waals surface area (Å²) in [5.41, 5.74) is 4.45. The summed E-state index contributed by atoms with van der Waals surface area (Å²) in [7, 11) is 0. The number of unbranched alkanes of at least 4 members (excludes halogenated alkanes) is 9. The quantitative estimate of drug-likeness (QED) is 0.0997. The third kappa shape index (κ3) is 8.33. The summed E-state index contributed by atoms with van der Waals surface area (Å²) < 4.78 is 6.93. The number of fused-ring (bicyclic) bond motifs is 3. The van der Waals surface area contributed by atoms with Crippen molar-refractivity contribution in [3.8, 4) is 0 Å². The number of piperidine rings is 1. The molecule has 1 amide bonds. The molecule has 7 heteroatoms. The highest BCUT2D eigenvalue weighted by atomic mass is 127. The number of ether oxygens (including phenoxy) is 1. The van der Waals surface area contributed by atoms with Crippen LogP contribution in [-0.2, 0) is 4.74 Å². The van der Waals surface area contributed by atoms with Crippen LogP contribution in [0.15, 0.2) is 42.5 Å². The molecule has 6 nitrogen and oxygen atoms in total. The first kappa shape index (κ1) is 32.3. The first-order chi connectivity index (χ1) is 21.1. The van der Waals surface area contributed by atoms with E-state index in [-0.39, 0.29) is 11.9 Å². The minimum atomic E-state index is -0.196. The standard InChI is InChI=1S/C36H50IN3O3/c1-2-3-4-5-6-7-8-9-10-11-26-43-36(42)40-25-24-39-32-21-23-38(27-31(32)30-14-12-15-33(40)35(30)39)22-13-16-34(41)28-17-19-29(37)20-18-28/h12,14-15,17-20,31-32H,2-11,13,16,21-27H2,1H3/t31-,32-/m0/s1. The molecule has 43 heavy (non-hydrogen) atoms. The molecule has 1 fully saturated rings. The number of halogens is 1. The molecule has 0 unspecified atom stereocenters. The van der Waals surface area contributed by atoms with Gasteiger partial charge >= 0.3 is 6.09 Å². The summed E-state index contributed by atoms with van der Waals surface area (Å²) in [6, 6.07) is 14.8. The van der Waals surface area contributed by atoms with Crippen molar-refractivity contribution in [1.29, 1.82) is 0 Å². The number of Topliss-reactive ketones (excluding diaryl/α,β-unsaturated/α-hetero) is 1. The van der Waals surface area contributed by atoms with E-state index >= 15 is 0 Å². The fourth-order valence-corrected chi connectivity index (χ4v) is 7.66. The summed E-state index contributed by atoms with van der Waals surface area (Å²) >= 11 is 2.27. The molecule has 2 aromatic rings. The van der Waals surface area contributed by atoms with Crippen LogP contribution < -0.4 is 9.80 Å². The fraction of sp³-hybridized carbons (Fsp3) is 0.611. The van der Waals surface area contributed by atoms with Gasteiger partial charge in [-0.1, -0.05) is 89.0 Å². The van der Waals surface area contributed by atoms with E-state index in [4.69, 9.17) is 4.74 Å². The highest BCUT2D eigenvalue weighted by Crippen LogP contribution is 2.50. The SMILES string of the molecule is CCCCCCCCCCCCOC(=O)N1CCN2c3c(cccc31)[C@@H]1CN(CCCC(=O)c3ccc(I)cc3)CC[C@@H]12. The molecule has 0 N–H and O–H groups in total. The maximum Gasteiger partial charge on any atom is 0.414 e. The van der Waals surface area contributed by atoms with Crippen LogP contribution in [0.4, 0.5) is 16.2 Å². The zero-order valence-corrected chi connectivity index (χ0v) is 28.2. The third-order valence-corrected chi connectivity index (χ3v) is 10.4. The summed E-state index contributed by atoms with van der Waals surface area (Å²) in [5, 5.41) is 0. The number of hydrogen-bond donors (Lipinski definition) is 0. The Morgan fingerprint density at radius 3 is 2.33 bits per heavy atom. The molecule has 0 saturated carbocycles. The normalized spacial score (nSPS) is 19.3. The van der Waals surface area contributed by atoms with Gasteiger partial charge in [-0.15, -0.1) is 0 Å². The molecule has 3 aliphatic rings. The predicted octanol–water partition coefficient (Wildman–Crippen LogP) is 8.81. The summed E-state index contributed by atoms with van der Waals surface area (Å²) in [6.07, 6.45) is 15.1. The highest BCUT2D eigenvalue weighted by molar-refractivity contribution is 14.1. The van der Waals surface area contributed by atoms with Crippen LogP contribution in [0.2, 0.25) is 0 Å². The molecule has 0 aromatic heterocycles. The van der Waals surface area contributed by atoms with E-state index in [1.54, 1.807) is 0 Å². The molecule has 3 aliphatic heterocycles. The van der Waals surface area contributed by atoms with Gasteiger partial charge in [0.1, 0.15) is 0 Å². The minimum absolute atomic E-state index is 0.196. The van der Waals surface area contributed by atoms with Gasteiger partial charge in [0.2, 0.25) is 0 Å². The van der Waals surface area contributed by atoms with Crippen molar-refractivity contribution < 1.29 is 14.3 Å². The Labute approximate surface area is 272 Å². The number of rotatable bonds is 16. The second kappa shape index (κ2) is 16.3. The van der Waals surface area contributed by atoms with Crippen molar-refractivity contribution in [2.24, 2.45) is 0 Å². The van der Waals surface area contributed by atoms with Crippen LogP contribution in [-0.4, -0.2) is 62.1 Å². The minimum Gasteiger partial charge on any atom is -0.449 e. The van der Waals surface area contributed by atoms with Crippen molar-refractivity contribution in [3.05, 3.63) is 57.2 Å². The number of anilines is 2. The Bertz CT molecular complexity index is 1200. The number of amides is 1. The molecule has 234 valence electrons. The lowest BCUT2D eigenvalue weighted by molar-refractivity contribution is 0.0971. The lowest BCUT2D eigenvalue weighted by Gasteiger charge is -2.41. The Balaban J connectivity index is 1.07. The molecule has 0 aliphatic carbocycles. The molecule has 0 spiro atoms. The zero-order chi connectivity index (χ0) is 30.0. The first-order valence-corrected chi connectivity index (χ1v) is 18.0. The van der Waals surface area contributed by atoms with Gasteiger partial charge in [0.15, 0.2) is 5.78 Å². The summed E-state index contributed by atoms with van der Waals surface area (Å²) in [5.74, 6) is 0.678. The van der Waals surface area contributed by atoms with E-state index < -0.39 is 0 Å². The lowest BCUT2D eigenvalue weighted by Crippen LogP contribution is -2.50. The first-order valence-electron chi connectivity index (χ1n) is 16.9. The van der Waals surface area contributed by atoms with Crippen molar-refractivity contribution in [3.63, 3.8) is 0 Å². The fourth-order valence-electron chi connectivity index (χ4n) is 7.30. The Morgan fingerprint density at radius 1 is 0.860 bits per heavy atom. The lowest BCUT2D eigenvalue weighted by atomic mass is 9.89. The van der Waals surface area contributed by atoms with Crippen LogP contribution in [0.1, 0.15) is 112 Å². The molecule has 5 rings (SSSR count). The van der Waals surface area contributed by atoms with E-state index in [1.165, 1.54) is 62.6 Å². The van der Waals surface area contributed by atoms with Gasteiger partial charge < -0.3 is 14.5 Å². The number of carbonyl (C=O) groups excluding carboxylic acids is 2. The van der Waals surface area contributed by atoms with Gasteiger partial charge in [-0.05, 0) is 72.2 Å². The van der Waals surface area contributed by atoms with Gasteiger partial charge in [0, 0.05) is 53.7 Å². The summed E-state index contributed by atoms with van der Waals surface area (Å²) in [6.45, 7) is 7.34. The molecule has 2 aromatic carbocycles. The number of ketones is 1. The maximum atomic E-state index is 13.2. The number of hydrogen-bond acceptors (Lipinski definition) is 5. The average molecular weight is 700 g/mol. The molecular formula is C36H50IN3O3. The van der Waals surface area contributed by atoms with Crippen LogP contribution in [0, 0.1) is 3.57 Å². The number of para-hydroxylation sites is 1. The Hall–Kier alpha value is -2.13. The van der Waals surface area contributed by atoms with E-state index in [0.717, 1.165) is 66.7 Å². The monoisotopic (exact) mass is 699 g/mol. The van der Waals surface area contributed by atoms with Crippen molar-refractivity contribution in [1.82, 2.24) is 4.90 Å². The molecule has 1 saturated heterocycles. The molecular weight excluding hydrogens is 649 g/mol. The highest BCUT2D eigenvalue weighted by Gasteiger charge is 2.45. The van der Waals surface area contributed by atoms with E-state index in [2.05, 4.69) is 57.5 Å². The van der Waals surface area contributed by atoms with Crippen LogP contribution in [0.3, 0.4) is 0 Å². The molecule has 2 atom stereocenters. The summed E-state index contributed by atoms with van der Waals surface area (Å²) in [4.78, 5) is 32.8. The number of nitrogens with zero attached hydrogens (tertiary/aromatic N) is 3. The van der Waals surface area contributed by atoms with E-state index in [1.807, 2.05) is 29.2 Å².